The van der Waals surface area contributed by atoms with E-state index in [0.29, 0.717) is 12.1 Å². The Morgan fingerprint density at radius 2 is 1.88 bits per heavy atom. The summed E-state index contributed by atoms with van der Waals surface area (Å²) in [6.45, 7) is 4.69. The van der Waals surface area contributed by atoms with E-state index in [2.05, 4.69) is 20.2 Å². The van der Waals surface area contributed by atoms with Gasteiger partial charge in [0.2, 0.25) is 0 Å². The number of nitrogens with zero attached hydrogens (tertiary/aromatic N) is 3. The first-order valence-corrected chi connectivity index (χ1v) is 9.32. The molecule has 0 aromatic carbocycles. The van der Waals surface area contributed by atoms with Crippen molar-refractivity contribution in [1.82, 2.24) is 15.3 Å². The normalized spacial score (nSPS) is 28.2. The second-order valence-corrected chi connectivity index (χ2v) is 7.33. The van der Waals surface area contributed by atoms with Gasteiger partial charge in [-0.25, -0.2) is 4.98 Å². The average Bonchev–Trinajstić information content (AvgIpc) is 2.64. The van der Waals surface area contributed by atoms with Gasteiger partial charge in [0.1, 0.15) is 5.82 Å². The van der Waals surface area contributed by atoms with Crippen molar-refractivity contribution in [3.8, 4) is 0 Å². The molecule has 1 unspecified atom stereocenters. The SMILES string of the molecule is c1cnc(N2CCC(NC3CCOC4(CCOCC4)C3)CC2)cn1. The highest BCUT2D eigenvalue weighted by atomic mass is 16.5. The molecule has 0 bridgehead atoms. The minimum atomic E-state index is 0.0779. The number of anilines is 1. The topological polar surface area (TPSA) is 59.5 Å². The lowest BCUT2D eigenvalue weighted by molar-refractivity contribution is -0.141. The number of piperidine rings is 1. The van der Waals surface area contributed by atoms with Gasteiger partial charge in [0.05, 0.1) is 11.8 Å². The first-order chi connectivity index (χ1) is 11.8. The van der Waals surface area contributed by atoms with Crippen LogP contribution in [0.2, 0.25) is 0 Å². The number of ether oxygens (including phenoxy) is 2. The van der Waals surface area contributed by atoms with E-state index in [9.17, 15) is 0 Å². The van der Waals surface area contributed by atoms with Crippen LogP contribution in [0.3, 0.4) is 0 Å². The predicted molar refractivity (Wildman–Crippen MR) is 92.2 cm³/mol. The van der Waals surface area contributed by atoms with E-state index < -0.39 is 0 Å². The van der Waals surface area contributed by atoms with Crippen LogP contribution in [0.4, 0.5) is 5.82 Å². The Hall–Kier alpha value is -1.24. The van der Waals surface area contributed by atoms with E-state index in [1.54, 1.807) is 12.4 Å². The zero-order chi connectivity index (χ0) is 16.2. The maximum absolute atomic E-state index is 6.16. The molecule has 4 rings (SSSR count). The number of hydrogen-bond acceptors (Lipinski definition) is 6. The van der Waals surface area contributed by atoms with Gasteiger partial charge in [-0.15, -0.1) is 0 Å². The van der Waals surface area contributed by atoms with Crippen molar-refractivity contribution in [3.63, 3.8) is 0 Å². The number of nitrogens with one attached hydrogen (secondary N) is 1. The molecule has 3 aliphatic rings. The molecule has 3 aliphatic heterocycles. The molecule has 132 valence electrons. The summed E-state index contributed by atoms with van der Waals surface area (Å²) in [5.74, 6) is 1.00. The van der Waals surface area contributed by atoms with Crippen molar-refractivity contribution >= 4 is 5.82 Å². The van der Waals surface area contributed by atoms with Gasteiger partial charge in [0.25, 0.3) is 0 Å². The molecule has 6 heteroatoms. The molecule has 1 N–H and O–H groups in total. The highest BCUT2D eigenvalue weighted by Gasteiger charge is 2.39. The fraction of sp³-hybridized carbons (Fsp3) is 0.778. The van der Waals surface area contributed by atoms with Crippen LogP contribution >= 0.6 is 0 Å². The highest BCUT2D eigenvalue weighted by Crippen LogP contribution is 2.34. The second kappa shape index (κ2) is 7.33. The van der Waals surface area contributed by atoms with Gasteiger partial charge in [-0.3, -0.25) is 4.98 Å². The van der Waals surface area contributed by atoms with E-state index >= 15 is 0 Å². The van der Waals surface area contributed by atoms with Crippen LogP contribution in [0.25, 0.3) is 0 Å². The Morgan fingerprint density at radius 3 is 2.62 bits per heavy atom. The molecular weight excluding hydrogens is 304 g/mol. The number of hydrogen-bond donors (Lipinski definition) is 1. The Morgan fingerprint density at radius 1 is 1.04 bits per heavy atom. The summed E-state index contributed by atoms with van der Waals surface area (Å²) in [4.78, 5) is 10.9. The Labute approximate surface area is 143 Å². The van der Waals surface area contributed by atoms with Crippen molar-refractivity contribution in [2.24, 2.45) is 0 Å². The lowest BCUT2D eigenvalue weighted by atomic mass is 9.83. The first-order valence-electron chi connectivity index (χ1n) is 9.32. The van der Waals surface area contributed by atoms with Gasteiger partial charge >= 0.3 is 0 Å². The third-order valence-corrected chi connectivity index (χ3v) is 5.74. The number of rotatable bonds is 3. The largest absolute Gasteiger partial charge is 0.381 e. The monoisotopic (exact) mass is 332 g/mol. The molecule has 0 amide bonds. The highest BCUT2D eigenvalue weighted by molar-refractivity contribution is 5.35. The van der Waals surface area contributed by atoms with Crippen molar-refractivity contribution in [2.45, 2.75) is 56.2 Å². The van der Waals surface area contributed by atoms with Crippen LogP contribution < -0.4 is 10.2 Å². The standard InChI is InChI=1S/C18H28N4O2/c1-8-22(17-14-19-6-7-20-17)9-2-15(1)21-16-3-10-24-18(13-16)4-11-23-12-5-18/h6-7,14-16,21H,1-5,8-13H2. The Bertz CT molecular complexity index is 508. The zero-order valence-corrected chi connectivity index (χ0v) is 14.3. The fourth-order valence-corrected chi connectivity index (χ4v) is 4.32. The molecule has 1 spiro atoms. The Balaban J connectivity index is 1.27. The lowest BCUT2D eigenvalue weighted by Gasteiger charge is -2.45. The van der Waals surface area contributed by atoms with E-state index in [1.807, 2.05) is 6.20 Å². The van der Waals surface area contributed by atoms with E-state index in [1.165, 1.54) is 12.8 Å². The van der Waals surface area contributed by atoms with Gasteiger partial charge < -0.3 is 19.7 Å². The molecule has 4 heterocycles. The van der Waals surface area contributed by atoms with Crippen LogP contribution in [0, 0.1) is 0 Å². The summed E-state index contributed by atoms with van der Waals surface area (Å²) in [7, 11) is 0. The molecule has 0 radical (unpaired) electrons. The lowest BCUT2D eigenvalue weighted by Crippen LogP contribution is -2.53. The van der Waals surface area contributed by atoms with Gasteiger partial charge in [-0.2, -0.15) is 0 Å². The molecule has 3 saturated heterocycles. The summed E-state index contributed by atoms with van der Waals surface area (Å²) in [6, 6.07) is 1.20. The van der Waals surface area contributed by atoms with Crippen molar-refractivity contribution in [2.75, 3.05) is 37.8 Å². The maximum atomic E-state index is 6.16. The third-order valence-electron chi connectivity index (χ3n) is 5.74. The van der Waals surface area contributed by atoms with E-state index in [0.717, 1.165) is 64.4 Å². The summed E-state index contributed by atoms with van der Waals surface area (Å²) >= 11 is 0. The Kier molecular flexibility index (Phi) is 4.96. The molecule has 3 fully saturated rings. The van der Waals surface area contributed by atoms with Crippen LogP contribution in [0.1, 0.15) is 38.5 Å². The third kappa shape index (κ3) is 3.71. The van der Waals surface area contributed by atoms with Crippen molar-refractivity contribution in [3.05, 3.63) is 18.6 Å². The molecule has 1 aromatic rings. The molecule has 1 aromatic heterocycles. The minimum Gasteiger partial charge on any atom is -0.381 e. The van der Waals surface area contributed by atoms with E-state index in [4.69, 9.17) is 9.47 Å². The molecule has 0 aliphatic carbocycles. The molecule has 0 saturated carbocycles. The fourth-order valence-electron chi connectivity index (χ4n) is 4.32. The average molecular weight is 332 g/mol. The van der Waals surface area contributed by atoms with Crippen molar-refractivity contribution in [1.29, 1.82) is 0 Å². The maximum Gasteiger partial charge on any atom is 0.147 e. The molecule has 6 nitrogen and oxygen atoms in total. The summed E-state index contributed by atoms with van der Waals surface area (Å²) < 4.78 is 11.7. The van der Waals surface area contributed by atoms with Crippen LogP contribution in [0.5, 0.6) is 0 Å². The second-order valence-electron chi connectivity index (χ2n) is 7.33. The summed E-state index contributed by atoms with van der Waals surface area (Å²) in [5, 5.41) is 3.92. The van der Waals surface area contributed by atoms with Gasteiger partial charge in [-0.05, 0) is 38.5 Å². The minimum absolute atomic E-state index is 0.0779. The first kappa shape index (κ1) is 16.2. The quantitative estimate of drug-likeness (QED) is 0.910. The van der Waals surface area contributed by atoms with Gasteiger partial charge in [0, 0.05) is 57.4 Å². The molecular formula is C18H28N4O2. The van der Waals surface area contributed by atoms with E-state index in [-0.39, 0.29) is 5.60 Å². The van der Waals surface area contributed by atoms with Gasteiger partial charge in [0.15, 0.2) is 0 Å². The smallest absolute Gasteiger partial charge is 0.147 e. The predicted octanol–water partition coefficient (Wildman–Crippen LogP) is 1.76. The van der Waals surface area contributed by atoms with Crippen LogP contribution in [-0.4, -0.2) is 60.6 Å². The summed E-state index contributed by atoms with van der Waals surface area (Å²) in [6.07, 6.45) is 12.1. The number of aromatic nitrogens is 2. The molecule has 1 atom stereocenters. The molecule has 24 heavy (non-hydrogen) atoms. The van der Waals surface area contributed by atoms with Crippen molar-refractivity contribution < 1.29 is 9.47 Å². The zero-order valence-electron chi connectivity index (χ0n) is 14.3. The summed E-state index contributed by atoms with van der Waals surface area (Å²) in [5.41, 5.74) is 0.0779. The van der Waals surface area contributed by atoms with Crippen LogP contribution in [-0.2, 0) is 9.47 Å². The van der Waals surface area contributed by atoms with Crippen LogP contribution in [0.15, 0.2) is 18.6 Å². The van der Waals surface area contributed by atoms with Gasteiger partial charge in [-0.1, -0.05) is 0 Å².